The van der Waals surface area contributed by atoms with Crippen LogP contribution in [0.4, 0.5) is 0 Å². The first kappa shape index (κ1) is 15.1. The van der Waals surface area contributed by atoms with Gasteiger partial charge in [-0.3, -0.25) is 0 Å². The second-order valence-electron chi connectivity index (χ2n) is 4.88. The van der Waals surface area contributed by atoms with Crippen LogP contribution in [0.15, 0.2) is 35.2 Å². The van der Waals surface area contributed by atoms with Crippen LogP contribution in [-0.4, -0.2) is 22.7 Å². The number of hydrogen-bond donors (Lipinski definition) is 1. The van der Waals surface area contributed by atoms with Crippen LogP contribution in [0, 0.1) is 0 Å². The van der Waals surface area contributed by atoms with Gasteiger partial charge in [-0.25, -0.2) is 4.98 Å². The van der Waals surface area contributed by atoms with Crippen LogP contribution in [-0.2, 0) is 13.0 Å². The Balaban J connectivity index is 2.05. The van der Waals surface area contributed by atoms with Gasteiger partial charge < -0.3 is 15.0 Å². The predicted octanol–water partition coefficient (Wildman–Crippen LogP) is 2.98. The van der Waals surface area contributed by atoms with E-state index >= 15 is 0 Å². The molecule has 1 heterocycles. The lowest BCUT2D eigenvalue weighted by molar-refractivity contribution is 0.412. The van der Waals surface area contributed by atoms with E-state index in [1.165, 1.54) is 5.56 Å². The van der Waals surface area contributed by atoms with Crippen molar-refractivity contribution in [2.75, 3.05) is 7.11 Å². The number of benzene rings is 1. The summed E-state index contributed by atoms with van der Waals surface area (Å²) < 4.78 is 8.27. The molecule has 0 saturated heterocycles. The van der Waals surface area contributed by atoms with Gasteiger partial charge in [0.2, 0.25) is 0 Å². The van der Waals surface area contributed by atoms with Gasteiger partial charge >= 0.3 is 0 Å². The van der Waals surface area contributed by atoms with E-state index in [1.54, 1.807) is 7.11 Å². The molecule has 20 heavy (non-hydrogen) atoms. The zero-order valence-corrected chi connectivity index (χ0v) is 13.4. The first-order valence-electron chi connectivity index (χ1n) is 6.71. The summed E-state index contributed by atoms with van der Waals surface area (Å²) in [5, 5.41) is 0. The third-order valence-corrected chi connectivity index (χ3v) is 3.88. The van der Waals surface area contributed by atoms with Crippen molar-refractivity contribution in [1.82, 2.24) is 9.55 Å². The van der Waals surface area contributed by atoms with Crippen LogP contribution in [0.2, 0.25) is 0 Å². The SMILES string of the molecule is CCC(N)Cc1cn(Cc2ccc(OC)c(Br)c2)cn1. The van der Waals surface area contributed by atoms with Crippen molar-refractivity contribution in [3.8, 4) is 5.75 Å². The van der Waals surface area contributed by atoms with Crippen molar-refractivity contribution >= 4 is 15.9 Å². The van der Waals surface area contributed by atoms with Crippen molar-refractivity contribution in [1.29, 1.82) is 0 Å². The Morgan fingerprint density at radius 1 is 1.45 bits per heavy atom. The third-order valence-electron chi connectivity index (χ3n) is 3.26. The molecule has 0 aliphatic carbocycles. The van der Waals surface area contributed by atoms with Gasteiger partial charge in [0.05, 0.1) is 23.6 Å². The first-order valence-corrected chi connectivity index (χ1v) is 7.50. The average molecular weight is 338 g/mol. The number of hydrogen-bond acceptors (Lipinski definition) is 3. The molecule has 0 aliphatic rings. The molecule has 108 valence electrons. The minimum Gasteiger partial charge on any atom is -0.496 e. The lowest BCUT2D eigenvalue weighted by Gasteiger charge is -2.07. The van der Waals surface area contributed by atoms with Gasteiger partial charge in [-0.1, -0.05) is 13.0 Å². The zero-order chi connectivity index (χ0) is 14.5. The Bertz CT molecular complexity index is 568. The van der Waals surface area contributed by atoms with E-state index in [0.717, 1.165) is 35.3 Å². The molecule has 1 atom stereocenters. The summed E-state index contributed by atoms with van der Waals surface area (Å²) in [5.74, 6) is 0.842. The molecule has 4 nitrogen and oxygen atoms in total. The van der Waals surface area contributed by atoms with E-state index in [4.69, 9.17) is 10.5 Å². The number of rotatable bonds is 6. The molecule has 1 aromatic carbocycles. The molecule has 0 fully saturated rings. The molecule has 2 aromatic rings. The number of halogens is 1. The minimum atomic E-state index is 0.188. The second kappa shape index (κ2) is 6.90. The highest BCUT2D eigenvalue weighted by Crippen LogP contribution is 2.25. The summed E-state index contributed by atoms with van der Waals surface area (Å²) in [6.07, 6.45) is 5.72. The molecule has 0 amide bonds. The van der Waals surface area contributed by atoms with E-state index in [2.05, 4.69) is 50.7 Å². The van der Waals surface area contributed by atoms with Crippen LogP contribution in [0.3, 0.4) is 0 Å². The second-order valence-corrected chi connectivity index (χ2v) is 5.73. The van der Waals surface area contributed by atoms with Crippen molar-refractivity contribution in [3.63, 3.8) is 0 Å². The fraction of sp³-hybridized carbons (Fsp3) is 0.400. The average Bonchev–Trinajstić information content (AvgIpc) is 2.86. The van der Waals surface area contributed by atoms with Gasteiger partial charge in [0.1, 0.15) is 5.75 Å². The standard InChI is InChI=1S/C15H20BrN3O/c1-3-12(17)7-13-9-19(10-18-13)8-11-4-5-15(20-2)14(16)6-11/h4-6,9-10,12H,3,7-8,17H2,1-2H3. The molecule has 1 aromatic heterocycles. The van der Waals surface area contributed by atoms with Crippen molar-refractivity contribution in [2.45, 2.75) is 32.4 Å². The molecule has 1 unspecified atom stereocenters. The molecule has 0 radical (unpaired) electrons. The molecule has 0 spiro atoms. The van der Waals surface area contributed by atoms with Crippen LogP contribution in [0.25, 0.3) is 0 Å². The number of aromatic nitrogens is 2. The summed E-state index contributed by atoms with van der Waals surface area (Å²) >= 11 is 3.50. The van der Waals surface area contributed by atoms with Gasteiger partial charge in [0.15, 0.2) is 0 Å². The fourth-order valence-electron chi connectivity index (χ4n) is 2.03. The van der Waals surface area contributed by atoms with Gasteiger partial charge in [-0.2, -0.15) is 0 Å². The maximum Gasteiger partial charge on any atom is 0.133 e. The largest absolute Gasteiger partial charge is 0.496 e. The minimum absolute atomic E-state index is 0.188. The zero-order valence-electron chi connectivity index (χ0n) is 11.8. The summed E-state index contributed by atoms with van der Waals surface area (Å²) in [6.45, 7) is 2.88. The lowest BCUT2D eigenvalue weighted by Crippen LogP contribution is -2.21. The highest BCUT2D eigenvalue weighted by Gasteiger charge is 2.06. The summed E-state index contributed by atoms with van der Waals surface area (Å²) in [5.41, 5.74) is 8.19. The van der Waals surface area contributed by atoms with Crippen LogP contribution < -0.4 is 10.5 Å². The number of nitrogens with zero attached hydrogens (tertiary/aromatic N) is 2. The molecule has 0 aliphatic heterocycles. The van der Waals surface area contributed by atoms with E-state index in [1.807, 2.05) is 12.4 Å². The van der Waals surface area contributed by atoms with Gasteiger partial charge in [-0.05, 0) is 40.0 Å². The smallest absolute Gasteiger partial charge is 0.133 e. The number of methoxy groups -OCH3 is 1. The topological polar surface area (TPSA) is 53.1 Å². The number of ether oxygens (including phenoxy) is 1. The van der Waals surface area contributed by atoms with E-state index in [-0.39, 0.29) is 6.04 Å². The molecule has 2 N–H and O–H groups in total. The number of imidazole rings is 1. The highest BCUT2D eigenvalue weighted by atomic mass is 79.9. The Morgan fingerprint density at radius 2 is 2.25 bits per heavy atom. The molecule has 0 saturated carbocycles. The van der Waals surface area contributed by atoms with Gasteiger partial charge in [-0.15, -0.1) is 0 Å². The predicted molar refractivity (Wildman–Crippen MR) is 84.0 cm³/mol. The Kier molecular flexibility index (Phi) is 5.20. The van der Waals surface area contributed by atoms with E-state index in [9.17, 15) is 0 Å². The van der Waals surface area contributed by atoms with E-state index < -0.39 is 0 Å². The molecule has 2 rings (SSSR count). The third kappa shape index (κ3) is 3.84. The normalized spacial score (nSPS) is 12.4. The van der Waals surface area contributed by atoms with Crippen molar-refractivity contribution < 1.29 is 4.74 Å². The Labute approximate surface area is 128 Å². The Morgan fingerprint density at radius 3 is 2.90 bits per heavy atom. The molecular weight excluding hydrogens is 318 g/mol. The quantitative estimate of drug-likeness (QED) is 0.881. The lowest BCUT2D eigenvalue weighted by atomic mass is 10.1. The Hall–Kier alpha value is -1.33. The van der Waals surface area contributed by atoms with Gasteiger partial charge in [0.25, 0.3) is 0 Å². The summed E-state index contributed by atoms with van der Waals surface area (Å²) in [4.78, 5) is 4.40. The maximum absolute atomic E-state index is 5.95. The summed E-state index contributed by atoms with van der Waals surface area (Å²) in [6, 6.07) is 6.27. The van der Waals surface area contributed by atoms with Crippen molar-refractivity contribution in [2.24, 2.45) is 5.73 Å². The highest BCUT2D eigenvalue weighted by molar-refractivity contribution is 9.10. The van der Waals surface area contributed by atoms with E-state index in [0.29, 0.717) is 0 Å². The van der Waals surface area contributed by atoms with Crippen molar-refractivity contribution in [3.05, 3.63) is 46.5 Å². The molecular formula is C15H20BrN3O. The summed E-state index contributed by atoms with van der Waals surface area (Å²) in [7, 11) is 1.67. The van der Waals surface area contributed by atoms with Crippen LogP contribution in [0.5, 0.6) is 5.75 Å². The number of nitrogens with two attached hydrogens (primary N) is 1. The monoisotopic (exact) mass is 337 g/mol. The maximum atomic E-state index is 5.95. The first-order chi connectivity index (χ1) is 9.62. The van der Waals surface area contributed by atoms with Crippen LogP contribution in [0.1, 0.15) is 24.6 Å². The van der Waals surface area contributed by atoms with Gasteiger partial charge in [0, 0.05) is 25.2 Å². The fourth-order valence-corrected chi connectivity index (χ4v) is 2.62. The molecule has 0 bridgehead atoms. The van der Waals surface area contributed by atoms with Crippen LogP contribution >= 0.6 is 15.9 Å². The molecule has 5 heteroatoms.